The van der Waals surface area contributed by atoms with Gasteiger partial charge in [0.15, 0.2) is 0 Å². The van der Waals surface area contributed by atoms with Crippen LogP contribution in [-0.4, -0.2) is 16.8 Å². The van der Waals surface area contributed by atoms with Crippen LogP contribution in [0.5, 0.6) is 11.5 Å². The molecular weight excluding hydrogens is 276 g/mol. The third-order valence-electron chi connectivity index (χ3n) is 3.30. The summed E-state index contributed by atoms with van der Waals surface area (Å²) in [5.41, 5.74) is 14.4. The van der Waals surface area contributed by atoms with Gasteiger partial charge >= 0.3 is 0 Å². The van der Waals surface area contributed by atoms with Crippen molar-refractivity contribution in [2.45, 2.75) is 6.42 Å². The van der Waals surface area contributed by atoms with Gasteiger partial charge in [0.05, 0.1) is 0 Å². The SMILES string of the molecule is NCCC(=Cc1ccccc1O)C(N)=Cc1ccccc1O. The maximum absolute atomic E-state index is 9.87. The van der Waals surface area contributed by atoms with Gasteiger partial charge in [0, 0.05) is 16.8 Å². The highest BCUT2D eigenvalue weighted by Crippen LogP contribution is 2.24. The first kappa shape index (κ1) is 15.7. The molecule has 0 heterocycles. The number of para-hydroxylation sites is 2. The van der Waals surface area contributed by atoms with E-state index >= 15 is 0 Å². The largest absolute Gasteiger partial charge is 0.507 e. The molecule has 0 saturated carbocycles. The number of hydrogen-bond donors (Lipinski definition) is 4. The minimum atomic E-state index is 0.167. The van der Waals surface area contributed by atoms with E-state index in [0.717, 1.165) is 5.57 Å². The van der Waals surface area contributed by atoms with Crippen LogP contribution < -0.4 is 11.5 Å². The fraction of sp³-hybridized carbons (Fsp3) is 0.111. The monoisotopic (exact) mass is 296 g/mol. The fourth-order valence-corrected chi connectivity index (χ4v) is 2.12. The summed E-state index contributed by atoms with van der Waals surface area (Å²) in [5.74, 6) is 0.354. The molecule has 0 amide bonds. The van der Waals surface area contributed by atoms with Crippen molar-refractivity contribution in [2.75, 3.05) is 6.54 Å². The second-order valence-corrected chi connectivity index (χ2v) is 4.93. The molecule has 0 aliphatic carbocycles. The Hall–Kier alpha value is -2.72. The Morgan fingerprint density at radius 2 is 1.36 bits per heavy atom. The average molecular weight is 296 g/mol. The van der Waals surface area contributed by atoms with Crippen LogP contribution in [0.25, 0.3) is 12.2 Å². The highest BCUT2D eigenvalue weighted by atomic mass is 16.3. The molecule has 0 bridgehead atoms. The van der Waals surface area contributed by atoms with Gasteiger partial charge in [-0.25, -0.2) is 0 Å². The second kappa shape index (κ2) is 7.33. The maximum Gasteiger partial charge on any atom is 0.122 e. The van der Waals surface area contributed by atoms with Crippen LogP contribution in [0.1, 0.15) is 17.5 Å². The first-order valence-electron chi connectivity index (χ1n) is 7.06. The molecule has 0 unspecified atom stereocenters. The van der Waals surface area contributed by atoms with Crippen LogP contribution in [0, 0.1) is 0 Å². The topological polar surface area (TPSA) is 92.5 Å². The number of allylic oxidation sites excluding steroid dienone is 1. The normalized spacial score (nSPS) is 12.4. The lowest BCUT2D eigenvalue weighted by Gasteiger charge is -2.09. The van der Waals surface area contributed by atoms with E-state index in [2.05, 4.69) is 0 Å². The molecule has 0 saturated heterocycles. The predicted molar refractivity (Wildman–Crippen MR) is 90.0 cm³/mol. The van der Waals surface area contributed by atoms with Crippen molar-refractivity contribution in [3.8, 4) is 11.5 Å². The Labute approximate surface area is 130 Å². The molecular formula is C18H20N2O2. The molecule has 6 N–H and O–H groups in total. The van der Waals surface area contributed by atoms with E-state index < -0.39 is 0 Å². The van der Waals surface area contributed by atoms with Gasteiger partial charge in [0.25, 0.3) is 0 Å². The Balaban J connectivity index is 2.39. The summed E-state index contributed by atoms with van der Waals surface area (Å²) in [7, 11) is 0. The van der Waals surface area contributed by atoms with Crippen molar-refractivity contribution >= 4 is 12.2 Å². The molecule has 2 aromatic rings. The van der Waals surface area contributed by atoms with Gasteiger partial charge in [-0.05, 0) is 42.8 Å². The minimum Gasteiger partial charge on any atom is -0.507 e. The molecule has 4 nitrogen and oxygen atoms in total. The average Bonchev–Trinajstić information content (AvgIpc) is 2.51. The zero-order valence-corrected chi connectivity index (χ0v) is 12.2. The second-order valence-electron chi connectivity index (χ2n) is 4.93. The molecule has 2 rings (SSSR count). The van der Waals surface area contributed by atoms with E-state index in [1.807, 2.05) is 18.2 Å². The molecule has 4 heteroatoms. The van der Waals surface area contributed by atoms with E-state index in [1.54, 1.807) is 42.5 Å². The Morgan fingerprint density at radius 1 is 0.864 bits per heavy atom. The van der Waals surface area contributed by atoms with Crippen molar-refractivity contribution in [2.24, 2.45) is 11.5 Å². The number of aromatic hydroxyl groups is 2. The maximum atomic E-state index is 9.87. The lowest BCUT2D eigenvalue weighted by Crippen LogP contribution is -2.07. The quantitative estimate of drug-likeness (QED) is 0.638. The van der Waals surface area contributed by atoms with Gasteiger partial charge in [-0.3, -0.25) is 0 Å². The molecule has 0 atom stereocenters. The van der Waals surface area contributed by atoms with Gasteiger partial charge in [-0.2, -0.15) is 0 Å². The zero-order valence-electron chi connectivity index (χ0n) is 12.2. The van der Waals surface area contributed by atoms with Crippen LogP contribution in [0.15, 0.2) is 59.8 Å². The number of hydrogen-bond acceptors (Lipinski definition) is 4. The number of benzene rings is 2. The van der Waals surface area contributed by atoms with E-state index in [-0.39, 0.29) is 11.5 Å². The van der Waals surface area contributed by atoms with E-state index in [9.17, 15) is 10.2 Å². The van der Waals surface area contributed by atoms with E-state index in [1.165, 1.54) is 0 Å². The third-order valence-corrected chi connectivity index (χ3v) is 3.30. The Morgan fingerprint density at radius 3 is 1.86 bits per heavy atom. The lowest BCUT2D eigenvalue weighted by molar-refractivity contribution is 0.473. The number of rotatable bonds is 5. The van der Waals surface area contributed by atoms with Gasteiger partial charge in [-0.1, -0.05) is 36.4 Å². The fourth-order valence-electron chi connectivity index (χ4n) is 2.12. The van der Waals surface area contributed by atoms with Crippen LogP contribution in [0.2, 0.25) is 0 Å². The molecule has 2 aromatic carbocycles. The van der Waals surface area contributed by atoms with Gasteiger partial charge in [-0.15, -0.1) is 0 Å². The van der Waals surface area contributed by atoms with Gasteiger partial charge in [0.1, 0.15) is 11.5 Å². The first-order chi connectivity index (χ1) is 10.6. The molecule has 0 spiro atoms. The van der Waals surface area contributed by atoms with Crippen molar-refractivity contribution in [1.29, 1.82) is 0 Å². The summed E-state index contributed by atoms with van der Waals surface area (Å²) in [5, 5.41) is 19.7. The minimum absolute atomic E-state index is 0.167. The van der Waals surface area contributed by atoms with Crippen LogP contribution in [-0.2, 0) is 0 Å². The molecule has 22 heavy (non-hydrogen) atoms. The summed E-state index contributed by atoms with van der Waals surface area (Å²) >= 11 is 0. The zero-order chi connectivity index (χ0) is 15.9. The Bertz CT molecular complexity index is 706. The van der Waals surface area contributed by atoms with Crippen molar-refractivity contribution in [1.82, 2.24) is 0 Å². The summed E-state index contributed by atoms with van der Waals surface area (Å²) < 4.78 is 0. The highest BCUT2D eigenvalue weighted by molar-refractivity contribution is 5.69. The van der Waals surface area contributed by atoms with Crippen LogP contribution >= 0.6 is 0 Å². The number of nitrogens with two attached hydrogens (primary N) is 2. The predicted octanol–water partition coefficient (Wildman–Crippen LogP) is 2.83. The number of phenolic OH excluding ortho intramolecular Hbond substituents is 2. The van der Waals surface area contributed by atoms with Crippen molar-refractivity contribution < 1.29 is 10.2 Å². The molecule has 0 radical (unpaired) electrons. The van der Waals surface area contributed by atoms with Crippen molar-refractivity contribution in [3.05, 3.63) is 70.9 Å². The lowest BCUT2D eigenvalue weighted by atomic mass is 10.0. The van der Waals surface area contributed by atoms with Crippen LogP contribution in [0.3, 0.4) is 0 Å². The molecule has 114 valence electrons. The summed E-state index contributed by atoms with van der Waals surface area (Å²) in [6, 6.07) is 14.0. The van der Waals surface area contributed by atoms with E-state index in [0.29, 0.717) is 29.8 Å². The molecule has 0 aromatic heterocycles. The van der Waals surface area contributed by atoms with Crippen molar-refractivity contribution in [3.63, 3.8) is 0 Å². The van der Waals surface area contributed by atoms with E-state index in [4.69, 9.17) is 11.5 Å². The first-order valence-corrected chi connectivity index (χ1v) is 7.06. The van der Waals surface area contributed by atoms with Crippen LogP contribution in [0.4, 0.5) is 0 Å². The summed E-state index contributed by atoms with van der Waals surface area (Å²) in [6.07, 6.45) is 4.09. The highest BCUT2D eigenvalue weighted by Gasteiger charge is 2.05. The third kappa shape index (κ3) is 3.90. The standard InChI is InChI=1S/C18H20N2O2/c19-10-9-13(11-14-5-1-3-7-17(14)21)16(20)12-15-6-2-4-8-18(15)22/h1-8,11-12,21-22H,9-10,19-20H2. The van der Waals surface area contributed by atoms with Gasteiger partial charge < -0.3 is 21.7 Å². The summed E-state index contributed by atoms with van der Waals surface area (Å²) in [6.45, 7) is 0.439. The summed E-state index contributed by atoms with van der Waals surface area (Å²) in [4.78, 5) is 0. The number of phenols is 2. The molecule has 0 fully saturated rings. The Kier molecular flexibility index (Phi) is 5.22. The smallest absolute Gasteiger partial charge is 0.122 e. The molecule has 0 aliphatic rings. The molecule has 0 aliphatic heterocycles. The van der Waals surface area contributed by atoms with Gasteiger partial charge in [0.2, 0.25) is 0 Å².